The van der Waals surface area contributed by atoms with E-state index >= 15 is 0 Å². The fraction of sp³-hybridized carbons (Fsp3) is 0.333. The van der Waals surface area contributed by atoms with Crippen molar-refractivity contribution in [1.29, 1.82) is 0 Å². The molecule has 1 amide bonds. The standard InChI is InChI=1S/C21H25N3O4/c25-21(27-16-18-11-5-2-6-12-18)23-20(22-15-17-9-3-1-4-10-17)24-28-19-13-7-8-14-26-19/h1-6,9-12,19H,7-8,13-16H2,(H2,22,23,24,25). The Kier molecular flexibility index (Phi) is 7.84. The number of aliphatic imine (C=N–C) groups is 1. The zero-order chi connectivity index (χ0) is 19.4. The van der Waals surface area contributed by atoms with Crippen molar-refractivity contribution in [2.45, 2.75) is 38.7 Å². The number of amides is 1. The lowest BCUT2D eigenvalue weighted by molar-refractivity contribution is -0.183. The Morgan fingerprint density at radius 2 is 1.75 bits per heavy atom. The Bertz CT molecular complexity index is 747. The lowest BCUT2D eigenvalue weighted by Crippen LogP contribution is -2.43. The molecule has 2 N–H and O–H groups in total. The second-order valence-electron chi connectivity index (χ2n) is 6.35. The van der Waals surface area contributed by atoms with Gasteiger partial charge in [0.05, 0.1) is 6.54 Å². The van der Waals surface area contributed by atoms with E-state index in [1.54, 1.807) is 0 Å². The summed E-state index contributed by atoms with van der Waals surface area (Å²) in [7, 11) is 0. The van der Waals surface area contributed by atoms with Gasteiger partial charge in [-0.05, 0) is 24.0 Å². The van der Waals surface area contributed by atoms with Crippen molar-refractivity contribution >= 4 is 12.1 Å². The van der Waals surface area contributed by atoms with Gasteiger partial charge in [-0.2, -0.15) is 0 Å². The zero-order valence-corrected chi connectivity index (χ0v) is 15.7. The van der Waals surface area contributed by atoms with Gasteiger partial charge in [-0.3, -0.25) is 5.32 Å². The van der Waals surface area contributed by atoms with Gasteiger partial charge < -0.3 is 9.47 Å². The first-order valence-electron chi connectivity index (χ1n) is 9.39. The molecule has 1 unspecified atom stereocenters. The third-order valence-corrected chi connectivity index (χ3v) is 4.12. The van der Waals surface area contributed by atoms with E-state index in [-0.39, 0.29) is 18.9 Å². The second-order valence-corrected chi connectivity index (χ2v) is 6.35. The summed E-state index contributed by atoms with van der Waals surface area (Å²) in [5.41, 5.74) is 4.61. The van der Waals surface area contributed by atoms with E-state index in [4.69, 9.17) is 14.3 Å². The van der Waals surface area contributed by atoms with Gasteiger partial charge in [0.25, 0.3) is 0 Å². The maximum absolute atomic E-state index is 12.1. The largest absolute Gasteiger partial charge is 0.444 e. The topological polar surface area (TPSA) is 81.2 Å². The maximum Gasteiger partial charge on any atom is 0.414 e. The first kappa shape index (κ1) is 19.9. The number of ether oxygens (including phenoxy) is 2. The molecule has 7 heteroatoms. The van der Waals surface area contributed by atoms with E-state index in [1.165, 1.54) is 0 Å². The maximum atomic E-state index is 12.1. The molecule has 1 heterocycles. The van der Waals surface area contributed by atoms with Crippen LogP contribution in [-0.4, -0.2) is 24.9 Å². The molecule has 2 aromatic carbocycles. The van der Waals surface area contributed by atoms with Crippen molar-refractivity contribution in [2.75, 3.05) is 6.61 Å². The third kappa shape index (κ3) is 7.02. The minimum absolute atomic E-state index is 0.172. The molecule has 1 saturated heterocycles. The van der Waals surface area contributed by atoms with E-state index in [2.05, 4.69) is 15.8 Å². The normalized spacial score (nSPS) is 17.0. The molecule has 0 bridgehead atoms. The van der Waals surface area contributed by atoms with Crippen LogP contribution in [0.25, 0.3) is 0 Å². The predicted molar refractivity (Wildman–Crippen MR) is 105 cm³/mol. The number of nitrogens with one attached hydrogen (secondary N) is 2. The minimum Gasteiger partial charge on any atom is -0.444 e. The predicted octanol–water partition coefficient (Wildman–Crippen LogP) is 3.52. The molecule has 0 aliphatic carbocycles. The molecule has 1 aliphatic rings. The van der Waals surface area contributed by atoms with E-state index in [0.29, 0.717) is 13.2 Å². The SMILES string of the molecule is O=C(NC(=NCc1ccccc1)NOC1CCCCO1)OCc1ccccc1. The third-order valence-electron chi connectivity index (χ3n) is 4.12. The average molecular weight is 383 g/mol. The molecular formula is C21H25N3O4. The Morgan fingerprint density at radius 1 is 1.04 bits per heavy atom. The summed E-state index contributed by atoms with van der Waals surface area (Å²) in [6.45, 7) is 1.22. The number of hydroxylamine groups is 1. The smallest absolute Gasteiger partial charge is 0.414 e. The molecule has 0 radical (unpaired) electrons. The molecular weight excluding hydrogens is 358 g/mol. The van der Waals surface area contributed by atoms with Crippen molar-refractivity contribution < 1.29 is 19.1 Å². The second kappa shape index (κ2) is 11.1. The Hall–Kier alpha value is -2.90. The Labute approximate surface area is 164 Å². The minimum atomic E-state index is -0.615. The van der Waals surface area contributed by atoms with Crippen molar-refractivity contribution in [3.05, 3.63) is 71.8 Å². The van der Waals surface area contributed by atoms with Crippen molar-refractivity contribution in [2.24, 2.45) is 4.99 Å². The van der Waals surface area contributed by atoms with Crippen LogP contribution in [-0.2, 0) is 27.5 Å². The van der Waals surface area contributed by atoms with Crippen LogP contribution in [0.15, 0.2) is 65.7 Å². The van der Waals surface area contributed by atoms with Crippen molar-refractivity contribution in [3.63, 3.8) is 0 Å². The molecule has 3 rings (SSSR count). The van der Waals surface area contributed by atoms with Gasteiger partial charge in [0.2, 0.25) is 5.96 Å². The summed E-state index contributed by atoms with van der Waals surface area (Å²) >= 11 is 0. The van der Waals surface area contributed by atoms with Crippen LogP contribution in [0.3, 0.4) is 0 Å². The molecule has 28 heavy (non-hydrogen) atoms. The monoisotopic (exact) mass is 383 g/mol. The molecule has 0 aromatic heterocycles. The summed E-state index contributed by atoms with van der Waals surface area (Å²) < 4.78 is 10.8. The lowest BCUT2D eigenvalue weighted by atomic mass is 10.2. The summed E-state index contributed by atoms with van der Waals surface area (Å²) in [5, 5.41) is 2.59. The van der Waals surface area contributed by atoms with Crippen molar-refractivity contribution in [1.82, 2.24) is 10.8 Å². The van der Waals surface area contributed by atoms with Gasteiger partial charge in [-0.15, -0.1) is 0 Å². The van der Waals surface area contributed by atoms with Crippen LogP contribution < -0.4 is 10.8 Å². The first-order valence-corrected chi connectivity index (χ1v) is 9.39. The number of rotatable bonds is 6. The highest BCUT2D eigenvalue weighted by Gasteiger charge is 2.16. The molecule has 0 saturated carbocycles. The lowest BCUT2D eigenvalue weighted by Gasteiger charge is -2.23. The highest BCUT2D eigenvalue weighted by Crippen LogP contribution is 2.12. The van der Waals surface area contributed by atoms with Crippen LogP contribution in [0.4, 0.5) is 4.79 Å². The van der Waals surface area contributed by atoms with Gasteiger partial charge in [0, 0.05) is 13.0 Å². The average Bonchev–Trinajstić information content (AvgIpc) is 2.76. The van der Waals surface area contributed by atoms with Gasteiger partial charge in [-0.25, -0.2) is 20.1 Å². The number of carbonyl (C=O) groups excluding carboxylic acids is 1. The summed E-state index contributed by atoms with van der Waals surface area (Å²) in [6, 6.07) is 19.2. The highest BCUT2D eigenvalue weighted by atomic mass is 16.8. The summed E-state index contributed by atoms with van der Waals surface area (Å²) in [5.74, 6) is 0.177. The van der Waals surface area contributed by atoms with Gasteiger partial charge in [-0.1, -0.05) is 60.7 Å². The zero-order valence-electron chi connectivity index (χ0n) is 15.7. The molecule has 1 fully saturated rings. The summed E-state index contributed by atoms with van der Waals surface area (Å²) in [4.78, 5) is 22.1. The number of nitrogens with zero attached hydrogens (tertiary/aromatic N) is 1. The molecule has 1 atom stereocenters. The van der Waals surface area contributed by atoms with E-state index < -0.39 is 6.09 Å². The highest BCUT2D eigenvalue weighted by molar-refractivity contribution is 5.93. The van der Waals surface area contributed by atoms with Crippen LogP contribution in [0, 0.1) is 0 Å². The fourth-order valence-electron chi connectivity index (χ4n) is 2.63. The molecule has 7 nitrogen and oxygen atoms in total. The first-order chi connectivity index (χ1) is 13.8. The number of hydrogen-bond donors (Lipinski definition) is 2. The summed E-state index contributed by atoms with van der Waals surface area (Å²) in [6.07, 6.45) is 1.88. The number of benzene rings is 2. The van der Waals surface area contributed by atoms with Gasteiger partial charge in [0.15, 0.2) is 6.29 Å². The quantitative estimate of drug-likeness (QED) is 0.453. The van der Waals surface area contributed by atoms with Crippen molar-refractivity contribution in [3.8, 4) is 0 Å². The van der Waals surface area contributed by atoms with E-state index in [9.17, 15) is 4.79 Å². The Morgan fingerprint density at radius 3 is 2.43 bits per heavy atom. The van der Waals surface area contributed by atoms with Crippen LogP contribution in [0.2, 0.25) is 0 Å². The van der Waals surface area contributed by atoms with Crippen LogP contribution in [0.5, 0.6) is 0 Å². The van der Waals surface area contributed by atoms with Crippen LogP contribution >= 0.6 is 0 Å². The molecule has 1 aliphatic heterocycles. The molecule has 2 aromatic rings. The number of carbonyl (C=O) groups is 1. The fourth-order valence-corrected chi connectivity index (χ4v) is 2.63. The van der Waals surface area contributed by atoms with E-state index in [0.717, 1.165) is 30.4 Å². The number of guanidine groups is 1. The Balaban J connectivity index is 1.55. The molecule has 148 valence electrons. The number of hydrogen-bond acceptors (Lipinski definition) is 5. The number of alkyl carbamates (subject to hydrolysis) is 1. The molecule has 0 spiro atoms. The van der Waals surface area contributed by atoms with Gasteiger partial charge in [0.1, 0.15) is 6.61 Å². The van der Waals surface area contributed by atoms with E-state index in [1.807, 2.05) is 60.7 Å². The van der Waals surface area contributed by atoms with Gasteiger partial charge >= 0.3 is 6.09 Å². The van der Waals surface area contributed by atoms with Crippen LogP contribution in [0.1, 0.15) is 30.4 Å².